The second kappa shape index (κ2) is 10.1. The number of hydrogen-bond acceptors (Lipinski definition) is 2. The third-order valence-electron chi connectivity index (χ3n) is 11.2. The molecule has 0 aromatic heterocycles. The Morgan fingerprint density at radius 2 is 1.66 bits per heavy atom. The number of alkyl halides is 1. The predicted octanol–water partition coefficient (Wildman–Crippen LogP) is 8.45. The van der Waals surface area contributed by atoms with Crippen LogP contribution in [0, 0.1) is 52.3 Å². The average molecular weight is 557 g/mol. The Kier molecular flexibility index (Phi) is 7.95. The van der Waals surface area contributed by atoms with Crippen LogP contribution in [0.25, 0.3) is 0 Å². The van der Waals surface area contributed by atoms with Crippen molar-refractivity contribution in [3.8, 4) is 0 Å². The van der Waals surface area contributed by atoms with Gasteiger partial charge in [0.15, 0.2) is 0 Å². The molecule has 0 N–H and O–H groups in total. The summed E-state index contributed by atoms with van der Waals surface area (Å²) < 4.78 is 6.28. The van der Waals surface area contributed by atoms with Gasteiger partial charge in [0.25, 0.3) is 0 Å². The van der Waals surface area contributed by atoms with Crippen molar-refractivity contribution in [1.29, 1.82) is 0 Å². The molecule has 0 aromatic rings. The van der Waals surface area contributed by atoms with E-state index in [0.717, 1.165) is 54.3 Å². The van der Waals surface area contributed by atoms with E-state index >= 15 is 0 Å². The lowest BCUT2D eigenvalue weighted by Crippen LogP contribution is -2.54. The second-order valence-electron chi connectivity index (χ2n) is 13.2. The van der Waals surface area contributed by atoms with Crippen LogP contribution in [0.4, 0.5) is 0 Å². The molecule has 4 saturated carbocycles. The highest BCUT2D eigenvalue weighted by Gasteiger charge is 2.60. The van der Waals surface area contributed by atoms with Crippen LogP contribution < -0.4 is 0 Å². The van der Waals surface area contributed by atoms with Gasteiger partial charge in [0.05, 0.1) is 4.43 Å². The first-order valence-electron chi connectivity index (χ1n) is 13.9. The predicted molar refractivity (Wildman–Crippen MR) is 142 cm³/mol. The third kappa shape index (κ3) is 4.68. The first-order valence-corrected chi connectivity index (χ1v) is 15.5. The molecule has 0 bridgehead atoms. The third-order valence-corrected chi connectivity index (χ3v) is 11.8. The molecule has 0 heterocycles. The van der Waals surface area contributed by atoms with E-state index in [1.54, 1.807) is 0 Å². The second-order valence-corrected chi connectivity index (χ2v) is 14.0. The van der Waals surface area contributed by atoms with Gasteiger partial charge in [-0.3, -0.25) is 4.79 Å². The summed E-state index contributed by atoms with van der Waals surface area (Å²) in [7, 11) is 0. The SMILES string of the molecule is CC(C)CCC[C@@H](C)[C@H]1CC[C@H]2[C@@H]3CC[C@H]4C[C@@H](OC(=O)CI)CC[C@]4(C)[C@H]3CC[C@]12C. The van der Waals surface area contributed by atoms with Gasteiger partial charge in [-0.1, -0.05) is 76.5 Å². The van der Waals surface area contributed by atoms with E-state index in [-0.39, 0.29) is 12.1 Å². The van der Waals surface area contributed by atoms with Crippen LogP contribution in [-0.4, -0.2) is 16.5 Å². The van der Waals surface area contributed by atoms with Crippen molar-refractivity contribution in [2.24, 2.45) is 52.3 Å². The summed E-state index contributed by atoms with van der Waals surface area (Å²) in [5.41, 5.74) is 1.08. The number of fused-ring (bicyclic) bond motifs is 5. The van der Waals surface area contributed by atoms with E-state index in [1.807, 2.05) is 0 Å². The zero-order chi connectivity index (χ0) is 23.1. The maximum atomic E-state index is 11.9. The zero-order valence-corrected chi connectivity index (χ0v) is 23.7. The van der Waals surface area contributed by atoms with Crippen LogP contribution in [0.1, 0.15) is 112 Å². The topological polar surface area (TPSA) is 26.3 Å². The van der Waals surface area contributed by atoms with Gasteiger partial charge < -0.3 is 4.74 Å². The highest BCUT2D eigenvalue weighted by atomic mass is 127. The molecule has 0 spiro atoms. The molecule has 32 heavy (non-hydrogen) atoms. The van der Waals surface area contributed by atoms with Crippen molar-refractivity contribution in [3.05, 3.63) is 0 Å². The first kappa shape index (κ1) is 25.3. The molecule has 2 nitrogen and oxygen atoms in total. The van der Waals surface area contributed by atoms with Gasteiger partial charge in [-0.25, -0.2) is 0 Å². The van der Waals surface area contributed by atoms with Crippen LogP contribution >= 0.6 is 22.6 Å². The lowest BCUT2D eigenvalue weighted by Gasteiger charge is -2.61. The van der Waals surface area contributed by atoms with E-state index in [4.69, 9.17) is 4.74 Å². The Bertz CT molecular complexity index is 662. The van der Waals surface area contributed by atoms with Gasteiger partial charge in [0.2, 0.25) is 0 Å². The first-order chi connectivity index (χ1) is 15.2. The van der Waals surface area contributed by atoms with E-state index < -0.39 is 0 Å². The number of halogens is 1. The minimum Gasteiger partial charge on any atom is -0.462 e. The number of ether oxygens (including phenoxy) is 1. The van der Waals surface area contributed by atoms with Crippen LogP contribution in [0.15, 0.2) is 0 Å². The molecule has 0 unspecified atom stereocenters. The molecule has 184 valence electrons. The lowest BCUT2D eigenvalue weighted by atomic mass is 9.44. The zero-order valence-electron chi connectivity index (χ0n) is 21.5. The van der Waals surface area contributed by atoms with E-state index in [9.17, 15) is 4.79 Å². The van der Waals surface area contributed by atoms with Gasteiger partial charge >= 0.3 is 5.97 Å². The van der Waals surface area contributed by atoms with Gasteiger partial charge in [0, 0.05) is 0 Å². The smallest absolute Gasteiger partial charge is 0.316 e. The fourth-order valence-electron chi connectivity index (χ4n) is 9.57. The van der Waals surface area contributed by atoms with Crippen LogP contribution in [0.2, 0.25) is 0 Å². The number of rotatable bonds is 7. The van der Waals surface area contributed by atoms with Crippen molar-refractivity contribution in [1.82, 2.24) is 0 Å². The highest BCUT2D eigenvalue weighted by molar-refractivity contribution is 14.1. The Labute approximate surface area is 211 Å². The van der Waals surface area contributed by atoms with Gasteiger partial charge in [0.1, 0.15) is 6.10 Å². The molecular weight excluding hydrogens is 507 g/mol. The molecule has 4 aliphatic rings. The maximum Gasteiger partial charge on any atom is 0.316 e. The number of hydrogen-bond donors (Lipinski definition) is 0. The normalized spacial score (nSPS) is 44.5. The Morgan fingerprint density at radius 3 is 2.38 bits per heavy atom. The minimum absolute atomic E-state index is 0.0131. The highest BCUT2D eigenvalue weighted by Crippen LogP contribution is 2.68. The summed E-state index contributed by atoms with van der Waals surface area (Å²) in [5, 5.41) is 0. The largest absolute Gasteiger partial charge is 0.462 e. The molecule has 4 aliphatic carbocycles. The fourth-order valence-corrected chi connectivity index (χ4v) is 9.75. The molecule has 4 rings (SSSR count). The average Bonchev–Trinajstić information content (AvgIpc) is 3.11. The number of carbonyl (C=O) groups excluding carboxylic acids is 1. The van der Waals surface area contributed by atoms with E-state index in [1.165, 1.54) is 64.2 Å². The van der Waals surface area contributed by atoms with Gasteiger partial charge in [-0.2, -0.15) is 0 Å². The molecule has 0 aliphatic heterocycles. The fraction of sp³-hybridized carbons (Fsp3) is 0.966. The maximum absolute atomic E-state index is 11.9. The Morgan fingerprint density at radius 1 is 0.938 bits per heavy atom. The summed E-state index contributed by atoms with van der Waals surface area (Å²) in [6, 6.07) is 0. The standard InChI is InChI=1S/C29H49IO2/c1-19(2)7-6-8-20(3)24-11-12-25-23-10-9-21-17-22(32-27(31)18-30)13-15-28(21,4)26(23)14-16-29(24,25)5/h19-26H,6-18H2,1-5H3/t20-,21+,22+,23+,24-,25+,26+,28+,29-/m1/s1. The van der Waals surface area contributed by atoms with Crippen molar-refractivity contribution < 1.29 is 9.53 Å². The van der Waals surface area contributed by atoms with Crippen molar-refractivity contribution in [3.63, 3.8) is 0 Å². The molecule has 0 aromatic carbocycles. The monoisotopic (exact) mass is 556 g/mol. The molecule has 0 radical (unpaired) electrons. The van der Waals surface area contributed by atoms with Gasteiger partial charge in [-0.15, -0.1) is 0 Å². The Hall–Kier alpha value is 0.200. The summed E-state index contributed by atoms with van der Waals surface area (Å²) in [5.74, 6) is 6.28. The molecule has 3 heteroatoms. The van der Waals surface area contributed by atoms with Gasteiger partial charge in [-0.05, 0) is 110 Å². The lowest BCUT2D eigenvalue weighted by molar-refractivity contribution is -0.159. The molecule has 0 saturated heterocycles. The van der Waals surface area contributed by atoms with Crippen molar-refractivity contribution in [2.45, 2.75) is 118 Å². The number of esters is 1. The van der Waals surface area contributed by atoms with Crippen molar-refractivity contribution in [2.75, 3.05) is 4.43 Å². The summed E-state index contributed by atoms with van der Waals surface area (Å²) in [4.78, 5) is 11.9. The van der Waals surface area contributed by atoms with Crippen molar-refractivity contribution >= 4 is 28.6 Å². The summed E-state index contributed by atoms with van der Waals surface area (Å²) in [6.45, 7) is 12.7. The van der Waals surface area contributed by atoms with Crippen LogP contribution in [-0.2, 0) is 9.53 Å². The van der Waals surface area contributed by atoms with Crippen LogP contribution in [0.5, 0.6) is 0 Å². The Balaban J connectivity index is 1.42. The summed E-state index contributed by atoms with van der Waals surface area (Å²) in [6.07, 6.45) is 16.6. The quantitative estimate of drug-likeness (QED) is 0.179. The molecule has 9 atom stereocenters. The number of carbonyl (C=O) groups is 1. The molecule has 0 amide bonds. The minimum atomic E-state index is -0.0131. The summed E-state index contributed by atoms with van der Waals surface area (Å²) >= 11 is 2.13. The molecule has 4 fully saturated rings. The van der Waals surface area contributed by atoms with E-state index in [0.29, 0.717) is 15.3 Å². The molecular formula is C29H49IO2. The van der Waals surface area contributed by atoms with Crippen LogP contribution in [0.3, 0.4) is 0 Å². The van der Waals surface area contributed by atoms with E-state index in [2.05, 4.69) is 57.2 Å².